The molecule has 2 N–H and O–H groups in total. The molecule has 7 heteroatoms. The number of halogens is 2. The van der Waals surface area contributed by atoms with E-state index in [9.17, 15) is 23.5 Å². The van der Waals surface area contributed by atoms with Gasteiger partial charge in [-0.15, -0.1) is 0 Å². The van der Waals surface area contributed by atoms with Gasteiger partial charge in [0, 0.05) is 31.3 Å². The van der Waals surface area contributed by atoms with Crippen LogP contribution in [0.4, 0.5) is 14.5 Å². The second kappa shape index (κ2) is 9.01. The highest BCUT2D eigenvalue weighted by atomic mass is 19.2. The number of β-amino-alcohol motifs (C(OH)–C–C–N with tert-alkyl or cyclic N) is 1. The zero-order valence-electron chi connectivity index (χ0n) is 14.3. The van der Waals surface area contributed by atoms with Crippen molar-refractivity contribution in [2.45, 2.75) is 38.7 Å². The first kappa shape index (κ1) is 19.5. The van der Waals surface area contributed by atoms with Crippen LogP contribution in [0.25, 0.3) is 0 Å². The molecule has 0 aliphatic carbocycles. The molecular weight excluding hydrogens is 330 g/mol. The number of carbonyl (C=O) groups excluding carboxylic acids is 2. The van der Waals surface area contributed by atoms with Crippen molar-refractivity contribution < 1.29 is 23.5 Å². The number of aliphatic hydroxyl groups is 1. The second-order valence-corrected chi connectivity index (χ2v) is 6.71. The first-order valence-corrected chi connectivity index (χ1v) is 8.55. The molecule has 1 fully saturated rings. The summed E-state index contributed by atoms with van der Waals surface area (Å²) in [6.45, 7) is 4.53. The molecule has 1 aromatic carbocycles. The average molecular weight is 354 g/mol. The van der Waals surface area contributed by atoms with Gasteiger partial charge in [-0.3, -0.25) is 9.59 Å². The van der Waals surface area contributed by atoms with Crippen LogP contribution in [0, 0.1) is 17.6 Å². The number of hydrogen-bond donors (Lipinski definition) is 2. The van der Waals surface area contributed by atoms with Crippen LogP contribution in [0.3, 0.4) is 0 Å². The van der Waals surface area contributed by atoms with Crippen molar-refractivity contribution in [3.8, 4) is 0 Å². The van der Waals surface area contributed by atoms with E-state index in [1.807, 2.05) is 0 Å². The molecule has 1 heterocycles. The number of piperidine rings is 1. The van der Waals surface area contributed by atoms with Crippen LogP contribution in [0.15, 0.2) is 18.2 Å². The summed E-state index contributed by atoms with van der Waals surface area (Å²) in [5, 5.41) is 12.3. The van der Waals surface area contributed by atoms with E-state index >= 15 is 0 Å². The summed E-state index contributed by atoms with van der Waals surface area (Å²) in [5.74, 6) is -3.12. The van der Waals surface area contributed by atoms with Crippen LogP contribution in [0.1, 0.15) is 32.6 Å². The van der Waals surface area contributed by atoms with Crippen molar-refractivity contribution in [3.05, 3.63) is 29.8 Å². The van der Waals surface area contributed by atoms with Crippen molar-refractivity contribution in [2.75, 3.05) is 25.0 Å². The molecule has 5 nitrogen and oxygen atoms in total. The number of anilines is 1. The Hall–Kier alpha value is -1.86. The minimum Gasteiger partial charge on any atom is -0.392 e. The molecule has 138 valence electrons. The molecule has 0 aromatic heterocycles. The lowest BCUT2D eigenvalue weighted by atomic mass is 9.99. The minimum absolute atomic E-state index is 0.0140. The molecule has 0 bridgehead atoms. The summed E-state index contributed by atoms with van der Waals surface area (Å²) in [6, 6.07) is 2.86. The predicted octanol–water partition coefficient (Wildman–Crippen LogP) is 2.35. The number of hydrogen-bond acceptors (Lipinski definition) is 4. The van der Waals surface area contributed by atoms with Crippen LogP contribution < -0.4 is 5.32 Å². The molecule has 1 aromatic rings. The molecule has 1 aliphatic heterocycles. The fraction of sp³-hybridized carbons (Fsp3) is 0.556. The highest BCUT2D eigenvalue weighted by Crippen LogP contribution is 2.16. The zero-order chi connectivity index (χ0) is 18.4. The molecule has 2 atom stereocenters. The van der Waals surface area contributed by atoms with Gasteiger partial charge in [0.05, 0.1) is 6.10 Å². The number of Topliss-reactive ketones (excluding diaryl/α,β-unsaturated/α-hetero) is 1. The van der Waals surface area contributed by atoms with E-state index in [4.69, 9.17) is 0 Å². The first-order valence-electron chi connectivity index (χ1n) is 8.55. The summed E-state index contributed by atoms with van der Waals surface area (Å²) in [5.41, 5.74) is 0.0140. The maximum absolute atomic E-state index is 13.1. The number of nitrogens with zero attached hydrogens (tertiary/aromatic N) is 1. The number of likely N-dealkylation sites (tertiary alicyclic amines) is 1. The van der Waals surface area contributed by atoms with Crippen molar-refractivity contribution >= 4 is 17.4 Å². The van der Waals surface area contributed by atoms with Crippen molar-refractivity contribution in [1.29, 1.82) is 0 Å². The molecule has 1 aliphatic rings. The van der Waals surface area contributed by atoms with Gasteiger partial charge in [-0.2, -0.15) is 0 Å². The number of nitrogens with one attached hydrogen (secondary N) is 1. The quantitative estimate of drug-likeness (QED) is 0.738. The second-order valence-electron chi connectivity index (χ2n) is 6.71. The topological polar surface area (TPSA) is 69.6 Å². The molecule has 2 rings (SSSR count). The Bertz CT molecular complexity index is 624. The van der Waals surface area contributed by atoms with Crippen LogP contribution in [0.2, 0.25) is 0 Å². The van der Waals surface area contributed by atoms with Crippen molar-refractivity contribution in [2.24, 2.45) is 5.92 Å². The lowest BCUT2D eigenvalue weighted by Crippen LogP contribution is -2.39. The van der Waals surface area contributed by atoms with Crippen LogP contribution in [0.5, 0.6) is 0 Å². The SMILES string of the molecule is CC1CCCN(CC(O)CCC(=O)C(=O)Nc2ccc(F)c(F)c2)C1. The van der Waals surface area contributed by atoms with E-state index in [1.54, 1.807) is 0 Å². The number of rotatable bonds is 7. The molecule has 0 radical (unpaired) electrons. The largest absolute Gasteiger partial charge is 0.392 e. The van der Waals surface area contributed by atoms with Crippen LogP contribution in [-0.4, -0.2) is 47.4 Å². The van der Waals surface area contributed by atoms with E-state index in [1.165, 1.54) is 12.5 Å². The lowest BCUT2D eigenvalue weighted by Gasteiger charge is -2.32. The Morgan fingerprint density at radius 3 is 2.80 bits per heavy atom. The maximum Gasteiger partial charge on any atom is 0.291 e. The van der Waals surface area contributed by atoms with E-state index in [2.05, 4.69) is 17.1 Å². The number of amides is 1. The highest BCUT2D eigenvalue weighted by molar-refractivity contribution is 6.40. The third kappa shape index (κ3) is 6.17. The summed E-state index contributed by atoms with van der Waals surface area (Å²) in [4.78, 5) is 25.8. The highest BCUT2D eigenvalue weighted by Gasteiger charge is 2.21. The molecule has 0 spiro atoms. The predicted molar refractivity (Wildman–Crippen MR) is 90.1 cm³/mol. The summed E-state index contributed by atoms with van der Waals surface area (Å²) in [7, 11) is 0. The Morgan fingerprint density at radius 1 is 1.36 bits per heavy atom. The smallest absolute Gasteiger partial charge is 0.291 e. The molecule has 0 saturated carbocycles. The first-order chi connectivity index (χ1) is 11.8. The lowest BCUT2D eigenvalue weighted by molar-refractivity contribution is -0.135. The molecule has 2 unspecified atom stereocenters. The van der Waals surface area contributed by atoms with Gasteiger partial charge in [0.15, 0.2) is 11.6 Å². The Morgan fingerprint density at radius 2 is 2.12 bits per heavy atom. The van der Waals surface area contributed by atoms with Crippen molar-refractivity contribution in [3.63, 3.8) is 0 Å². The summed E-state index contributed by atoms with van der Waals surface area (Å²) >= 11 is 0. The van der Waals surface area contributed by atoms with Gasteiger partial charge in [-0.25, -0.2) is 8.78 Å². The van der Waals surface area contributed by atoms with E-state index in [0.29, 0.717) is 12.5 Å². The molecule has 1 saturated heterocycles. The minimum atomic E-state index is -1.10. The maximum atomic E-state index is 13.1. The Kier molecular flexibility index (Phi) is 7.01. The third-order valence-corrected chi connectivity index (χ3v) is 4.35. The van der Waals surface area contributed by atoms with Crippen LogP contribution in [-0.2, 0) is 9.59 Å². The van der Waals surface area contributed by atoms with Crippen LogP contribution >= 0.6 is 0 Å². The van der Waals surface area contributed by atoms with Gasteiger partial charge in [-0.05, 0) is 43.9 Å². The van der Waals surface area contributed by atoms with Gasteiger partial charge in [-0.1, -0.05) is 6.92 Å². The molecule has 25 heavy (non-hydrogen) atoms. The average Bonchev–Trinajstić information content (AvgIpc) is 2.56. The number of benzene rings is 1. The fourth-order valence-electron chi connectivity index (χ4n) is 3.03. The third-order valence-electron chi connectivity index (χ3n) is 4.35. The number of ketones is 1. The molecule has 1 amide bonds. The molecular formula is C18H24F2N2O3. The van der Waals surface area contributed by atoms with Gasteiger partial charge in [0.2, 0.25) is 5.78 Å². The number of carbonyl (C=O) groups is 2. The van der Waals surface area contributed by atoms with E-state index in [0.717, 1.165) is 31.6 Å². The zero-order valence-corrected chi connectivity index (χ0v) is 14.3. The Balaban J connectivity index is 1.74. The normalized spacial score (nSPS) is 19.4. The van der Waals surface area contributed by atoms with Gasteiger partial charge in [0.25, 0.3) is 5.91 Å². The van der Waals surface area contributed by atoms with E-state index in [-0.39, 0.29) is 18.5 Å². The summed E-state index contributed by atoms with van der Waals surface area (Å²) in [6.07, 6.45) is 1.71. The Labute approximate surface area is 146 Å². The van der Waals surface area contributed by atoms with Crippen molar-refractivity contribution in [1.82, 2.24) is 4.90 Å². The van der Waals surface area contributed by atoms with Gasteiger partial charge >= 0.3 is 0 Å². The van der Waals surface area contributed by atoms with Gasteiger partial charge in [0.1, 0.15) is 0 Å². The monoisotopic (exact) mass is 354 g/mol. The van der Waals surface area contributed by atoms with Gasteiger partial charge < -0.3 is 15.3 Å². The fourth-order valence-corrected chi connectivity index (χ4v) is 3.03. The standard InChI is InChI=1S/C18H24F2N2O3/c1-12-3-2-8-22(10-12)11-14(23)5-7-17(24)18(25)21-13-4-6-15(19)16(20)9-13/h4,6,9,12,14,23H,2-3,5,7-8,10-11H2,1H3,(H,21,25). The van der Waals surface area contributed by atoms with E-state index < -0.39 is 29.4 Å². The summed E-state index contributed by atoms with van der Waals surface area (Å²) < 4.78 is 25.9. The number of aliphatic hydroxyl groups excluding tert-OH is 1.